The van der Waals surface area contributed by atoms with Crippen LogP contribution in [0.5, 0.6) is 0 Å². The number of aromatic amines is 1. The Kier molecular flexibility index (Phi) is 3.55. The van der Waals surface area contributed by atoms with Crippen molar-refractivity contribution in [2.24, 2.45) is 0 Å². The highest BCUT2D eigenvalue weighted by atomic mass is 14.9. The molecule has 20 heavy (non-hydrogen) atoms. The number of rotatable bonds is 4. The Hall–Kier alpha value is -2.09. The fourth-order valence-corrected chi connectivity index (χ4v) is 2.59. The van der Waals surface area contributed by atoms with Crippen LogP contribution >= 0.6 is 0 Å². The van der Waals surface area contributed by atoms with E-state index < -0.39 is 0 Å². The number of hydrogen-bond acceptors (Lipinski definition) is 1. The summed E-state index contributed by atoms with van der Waals surface area (Å²) in [4.78, 5) is 8.13. The van der Waals surface area contributed by atoms with Crippen molar-refractivity contribution in [3.63, 3.8) is 0 Å². The molecular weight excluding hydrogens is 244 g/mol. The summed E-state index contributed by atoms with van der Waals surface area (Å²) in [5.74, 6) is 1.08. The predicted octanol–water partition coefficient (Wildman–Crippen LogP) is 4.22. The summed E-state index contributed by atoms with van der Waals surface area (Å²) in [6.45, 7) is 4.35. The van der Waals surface area contributed by atoms with Gasteiger partial charge < -0.3 is 4.98 Å². The van der Waals surface area contributed by atoms with Crippen LogP contribution in [-0.2, 0) is 19.3 Å². The van der Waals surface area contributed by atoms with E-state index >= 15 is 0 Å². The largest absolute Gasteiger partial charge is 0.342 e. The zero-order valence-electron chi connectivity index (χ0n) is 12.1. The second kappa shape index (κ2) is 5.49. The van der Waals surface area contributed by atoms with E-state index in [1.54, 1.807) is 0 Å². The van der Waals surface area contributed by atoms with Crippen molar-refractivity contribution in [2.45, 2.75) is 33.1 Å². The van der Waals surface area contributed by atoms with E-state index in [4.69, 9.17) is 0 Å². The molecule has 3 rings (SSSR count). The predicted molar refractivity (Wildman–Crippen MR) is 84.1 cm³/mol. The molecule has 2 nitrogen and oxygen atoms in total. The number of aromatic nitrogens is 2. The van der Waals surface area contributed by atoms with E-state index in [1.165, 1.54) is 16.7 Å². The third-order valence-electron chi connectivity index (χ3n) is 3.90. The number of imidazole rings is 1. The van der Waals surface area contributed by atoms with Crippen LogP contribution in [0.25, 0.3) is 11.0 Å². The van der Waals surface area contributed by atoms with E-state index in [0.29, 0.717) is 0 Å². The second-order valence-corrected chi connectivity index (χ2v) is 5.32. The lowest BCUT2D eigenvalue weighted by Gasteiger charge is -2.03. The van der Waals surface area contributed by atoms with Gasteiger partial charge in [-0.25, -0.2) is 4.98 Å². The van der Waals surface area contributed by atoms with E-state index in [1.807, 2.05) is 0 Å². The smallest absolute Gasteiger partial charge is 0.107 e. The molecule has 1 heterocycles. The van der Waals surface area contributed by atoms with Gasteiger partial charge in [0.2, 0.25) is 0 Å². The minimum absolute atomic E-state index is 0.959. The lowest BCUT2D eigenvalue weighted by atomic mass is 10.0. The molecule has 0 spiro atoms. The Morgan fingerprint density at radius 2 is 1.90 bits per heavy atom. The van der Waals surface area contributed by atoms with E-state index in [2.05, 4.69) is 66.3 Å². The first kappa shape index (κ1) is 12.9. The number of nitrogens with one attached hydrogen (secondary N) is 1. The van der Waals surface area contributed by atoms with Crippen molar-refractivity contribution in [3.8, 4) is 0 Å². The molecular formula is C18H20N2. The van der Waals surface area contributed by atoms with Gasteiger partial charge in [-0.1, -0.05) is 37.3 Å². The first-order valence-electron chi connectivity index (χ1n) is 7.28. The molecule has 0 aliphatic heterocycles. The van der Waals surface area contributed by atoms with E-state index in [0.717, 1.165) is 36.1 Å². The number of H-pyrrole nitrogens is 1. The van der Waals surface area contributed by atoms with Gasteiger partial charge in [-0.3, -0.25) is 0 Å². The van der Waals surface area contributed by atoms with Gasteiger partial charge in [0.05, 0.1) is 11.0 Å². The normalized spacial score (nSPS) is 11.1. The molecule has 0 saturated carbocycles. The highest BCUT2D eigenvalue weighted by molar-refractivity contribution is 5.75. The van der Waals surface area contributed by atoms with Gasteiger partial charge in [0, 0.05) is 6.42 Å². The fourth-order valence-electron chi connectivity index (χ4n) is 2.59. The molecule has 2 heteroatoms. The molecule has 0 aliphatic rings. The van der Waals surface area contributed by atoms with Crippen molar-refractivity contribution in [3.05, 3.63) is 65.0 Å². The molecule has 0 bridgehead atoms. The van der Waals surface area contributed by atoms with Gasteiger partial charge in [-0.05, 0) is 48.6 Å². The number of benzene rings is 2. The second-order valence-electron chi connectivity index (χ2n) is 5.32. The van der Waals surface area contributed by atoms with Crippen molar-refractivity contribution in [1.82, 2.24) is 9.97 Å². The van der Waals surface area contributed by atoms with Crippen LogP contribution in [0.4, 0.5) is 0 Å². The minimum Gasteiger partial charge on any atom is -0.342 e. The molecule has 1 aromatic heterocycles. The van der Waals surface area contributed by atoms with Gasteiger partial charge in [-0.2, -0.15) is 0 Å². The molecule has 0 radical (unpaired) electrons. The molecule has 1 N–H and O–H groups in total. The Bertz CT molecular complexity index is 725. The summed E-state index contributed by atoms with van der Waals surface area (Å²) >= 11 is 0. The molecule has 0 amide bonds. The Labute approximate surface area is 119 Å². The SMILES string of the molecule is CCc1ccc2nc(CCc3ccccc3C)[nH]c2c1. The molecule has 0 atom stereocenters. The average Bonchev–Trinajstić information content (AvgIpc) is 2.88. The van der Waals surface area contributed by atoms with Crippen LogP contribution in [0, 0.1) is 6.92 Å². The maximum atomic E-state index is 4.68. The standard InChI is InChI=1S/C18H20N2/c1-3-14-8-10-16-17(12-14)20-18(19-16)11-9-15-7-5-4-6-13(15)2/h4-8,10,12H,3,9,11H2,1-2H3,(H,19,20). The van der Waals surface area contributed by atoms with Crippen molar-refractivity contribution < 1.29 is 0 Å². The Balaban J connectivity index is 1.79. The maximum Gasteiger partial charge on any atom is 0.107 e. The number of fused-ring (bicyclic) bond motifs is 1. The summed E-state index contributed by atoms with van der Waals surface area (Å²) in [5, 5.41) is 0. The fraction of sp³-hybridized carbons (Fsp3) is 0.278. The lowest BCUT2D eigenvalue weighted by molar-refractivity contribution is 0.884. The third-order valence-corrected chi connectivity index (χ3v) is 3.90. The number of nitrogens with zero attached hydrogens (tertiary/aromatic N) is 1. The Morgan fingerprint density at radius 3 is 2.70 bits per heavy atom. The summed E-state index contributed by atoms with van der Waals surface area (Å²) in [5.41, 5.74) is 6.34. The first-order chi connectivity index (χ1) is 9.76. The van der Waals surface area contributed by atoms with Crippen molar-refractivity contribution >= 4 is 11.0 Å². The van der Waals surface area contributed by atoms with Gasteiger partial charge in [0.25, 0.3) is 0 Å². The van der Waals surface area contributed by atoms with Crippen LogP contribution in [0.2, 0.25) is 0 Å². The topological polar surface area (TPSA) is 28.7 Å². The average molecular weight is 264 g/mol. The molecule has 3 aromatic rings. The zero-order chi connectivity index (χ0) is 13.9. The highest BCUT2D eigenvalue weighted by Gasteiger charge is 2.05. The van der Waals surface area contributed by atoms with Crippen molar-refractivity contribution in [1.29, 1.82) is 0 Å². The van der Waals surface area contributed by atoms with Gasteiger partial charge in [0.15, 0.2) is 0 Å². The molecule has 0 aliphatic carbocycles. The first-order valence-corrected chi connectivity index (χ1v) is 7.28. The van der Waals surface area contributed by atoms with Gasteiger partial charge in [-0.15, -0.1) is 0 Å². The zero-order valence-corrected chi connectivity index (χ0v) is 12.1. The monoisotopic (exact) mass is 264 g/mol. The summed E-state index contributed by atoms with van der Waals surface area (Å²) in [6.07, 6.45) is 3.06. The lowest BCUT2D eigenvalue weighted by Crippen LogP contribution is -1.95. The minimum atomic E-state index is 0.959. The summed E-state index contributed by atoms with van der Waals surface area (Å²) in [7, 11) is 0. The highest BCUT2D eigenvalue weighted by Crippen LogP contribution is 2.16. The quantitative estimate of drug-likeness (QED) is 0.751. The molecule has 2 aromatic carbocycles. The van der Waals surface area contributed by atoms with E-state index in [-0.39, 0.29) is 0 Å². The summed E-state index contributed by atoms with van der Waals surface area (Å²) < 4.78 is 0. The summed E-state index contributed by atoms with van der Waals surface area (Å²) in [6, 6.07) is 15.0. The number of aryl methyl sites for hydroxylation is 4. The van der Waals surface area contributed by atoms with Crippen LogP contribution in [0.3, 0.4) is 0 Å². The van der Waals surface area contributed by atoms with Crippen LogP contribution in [0.1, 0.15) is 29.4 Å². The number of hydrogen-bond donors (Lipinski definition) is 1. The van der Waals surface area contributed by atoms with Crippen LogP contribution in [0.15, 0.2) is 42.5 Å². The molecule has 0 saturated heterocycles. The Morgan fingerprint density at radius 1 is 1.05 bits per heavy atom. The maximum absolute atomic E-state index is 4.68. The van der Waals surface area contributed by atoms with Crippen molar-refractivity contribution in [2.75, 3.05) is 0 Å². The van der Waals surface area contributed by atoms with E-state index in [9.17, 15) is 0 Å². The molecule has 0 unspecified atom stereocenters. The molecule has 102 valence electrons. The molecule has 0 fully saturated rings. The van der Waals surface area contributed by atoms with Gasteiger partial charge in [0.1, 0.15) is 5.82 Å². The van der Waals surface area contributed by atoms with Crippen LogP contribution < -0.4 is 0 Å². The van der Waals surface area contributed by atoms with Gasteiger partial charge >= 0.3 is 0 Å². The third kappa shape index (κ3) is 2.60. The van der Waals surface area contributed by atoms with Crippen LogP contribution in [-0.4, -0.2) is 9.97 Å².